The average Bonchev–Trinajstić information content (AvgIpc) is 2.81. The molecular weight excluding hydrogens is 316 g/mol. The molecule has 0 saturated heterocycles. The molecule has 1 heterocycles. The monoisotopic (exact) mass is 326 g/mol. The molecule has 2 rings (SSSR count). The predicted molar refractivity (Wildman–Crippen MR) is 75.3 cm³/mol. The smallest absolute Gasteiger partial charge is 0.173 e. The third-order valence-corrected chi connectivity index (χ3v) is 3.87. The second-order valence-electron chi connectivity index (χ2n) is 3.48. The number of nitrogens with zero attached hydrogens (tertiary/aromatic N) is 1. The number of para-hydroxylation sites is 1. The summed E-state index contributed by atoms with van der Waals surface area (Å²) in [6, 6.07) is 11.1. The zero-order chi connectivity index (χ0) is 13.0. The van der Waals surface area contributed by atoms with Gasteiger partial charge < -0.3 is 15.7 Å². The minimum absolute atomic E-state index is 0.0398. The van der Waals surface area contributed by atoms with Gasteiger partial charge >= 0.3 is 0 Å². The maximum Gasteiger partial charge on any atom is 0.173 e. The summed E-state index contributed by atoms with van der Waals surface area (Å²) in [7, 11) is 0. The van der Waals surface area contributed by atoms with Gasteiger partial charge in [0, 0.05) is 4.88 Å². The van der Waals surface area contributed by atoms with Crippen molar-refractivity contribution in [1.29, 1.82) is 0 Å². The number of amidine groups is 1. The number of hydrogen-bond donors (Lipinski definition) is 2. The molecule has 1 aromatic heterocycles. The molecule has 6 heteroatoms. The molecule has 2 aromatic rings. The topological polar surface area (TPSA) is 67.8 Å². The van der Waals surface area contributed by atoms with Gasteiger partial charge in [-0.3, -0.25) is 0 Å². The lowest BCUT2D eigenvalue weighted by Crippen LogP contribution is -2.14. The number of thiophene rings is 1. The summed E-state index contributed by atoms with van der Waals surface area (Å²) in [5.74, 6) is 0.635. The van der Waals surface area contributed by atoms with Crippen LogP contribution in [-0.2, 0) is 6.61 Å². The van der Waals surface area contributed by atoms with Crippen molar-refractivity contribution in [3.63, 3.8) is 0 Å². The summed E-state index contributed by atoms with van der Waals surface area (Å²) >= 11 is 5.01. The molecule has 1 aromatic carbocycles. The SMILES string of the molecule is N/C(=N\O)c1ccccc1OCc1ccc(Br)s1. The predicted octanol–water partition coefficient (Wildman–Crippen LogP) is 3.18. The fourth-order valence-electron chi connectivity index (χ4n) is 1.44. The van der Waals surface area contributed by atoms with Gasteiger partial charge in [-0.2, -0.15) is 0 Å². The van der Waals surface area contributed by atoms with Crippen LogP contribution in [-0.4, -0.2) is 11.0 Å². The summed E-state index contributed by atoms with van der Waals surface area (Å²) in [4.78, 5) is 1.09. The van der Waals surface area contributed by atoms with E-state index in [2.05, 4.69) is 21.1 Å². The third-order valence-electron chi connectivity index (χ3n) is 2.27. The van der Waals surface area contributed by atoms with E-state index in [0.717, 1.165) is 8.66 Å². The minimum Gasteiger partial charge on any atom is -0.487 e. The lowest BCUT2D eigenvalue weighted by molar-refractivity contribution is 0.306. The van der Waals surface area contributed by atoms with Gasteiger partial charge in [-0.05, 0) is 40.2 Å². The molecule has 18 heavy (non-hydrogen) atoms. The fraction of sp³-hybridized carbons (Fsp3) is 0.0833. The molecule has 0 saturated carbocycles. The lowest BCUT2D eigenvalue weighted by Gasteiger charge is -2.09. The van der Waals surface area contributed by atoms with Crippen LogP contribution >= 0.6 is 27.3 Å². The molecular formula is C12H11BrN2O2S. The zero-order valence-corrected chi connectivity index (χ0v) is 11.7. The summed E-state index contributed by atoms with van der Waals surface area (Å²) in [5, 5.41) is 11.7. The van der Waals surface area contributed by atoms with Crippen molar-refractivity contribution in [1.82, 2.24) is 0 Å². The van der Waals surface area contributed by atoms with Crippen molar-refractivity contribution >= 4 is 33.1 Å². The number of nitrogens with two attached hydrogens (primary N) is 1. The summed E-state index contributed by atoms with van der Waals surface area (Å²) in [5.41, 5.74) is 6.16. The average molecular weight is 327 g/mol. The van der Waals surface area contributed by atoms with Gasteiger partial charge in [-0.15, -0.1) is 11.3 Å². The highest BCUT2D eigenvalue weighted by Gasteiger charge is 2.08. The number of halogens is 1. The number of ether oxygens (including phenoxy) is 1. The normalized spacial score (nSPS) is 11.5. The summed E-state index contributed by atoms with van der Waals surface area (Å²) in [6.07, 6.45) is 0. The molecule has 0 atom stereocenters. The van der Waals surface area contributed by atoms with Crippen molar-refractivity contribution < 1.29 is 9.94 Å². The number of rotatable bonds is 4. The lowest BCUT2D eigenvalue weighted by atomic mass is 10.2. The Morgan fingerprint density at radius 3 is 2.78 bits per heavy atom. The van der Waals surface area contributed by atoms with Crippen LogP contribution in [0.2, 0.25) is 0 Å². The Morgan fingerprint density at radius 2 is 2.11 bits per heavy atom. The third kappa shape index (κ3) is 3.02. The first-order valence-corrected chi connectivity index (χ1v) is 6.75. The molecule has 3 N–H and O–H groups in total. The number of benzene rings is 1. The molecule has 0 unspecified atom stereocenters. The van der Waals surface area contributed by atoms with Crippen molar-refractivity contribution in [2.45, 2.75) is 6.61 Å². The van der Waals surface area contributed by atoms with Gasteiger partial charge in [0.25, 0.3) is 0 Å². The molecule has 0 aliphatic carbocycles. The first-order chi connectivity index (χ1) is 8.70. The Morgan fingerprint density at radius 1 is 1.33 bits per heavy atom. The molecule has 0 bridgehead atoms. The fourth-order valence-corrected chi connectivity index (χ4v) is 2.83. The Kier molecular flexibility index (Phi) is 4.22. The van der Waals surface area contributed by atoms with E-state index in [1.807, 2.05) is 24.3 Å². The van der Waals surface area contributed by atoms with E-state index in [1.54, 1.807) is 23.5 Å². The highest BCUT2D eigenvalue weighted by molar-refractivity contribution is 9.11. The molecule has 4 nitrogen and oxygen atoms in total. The van der Waals surface area contributed by atoms with E-state index in [-0.39, 0.29) is 5.84 Å². The standard InChI is InChI=1S/C12H11BrN2O2S/c13-11-6-5-8(18-11)7-17-10-4-2-1-3-9(10)12(14)15-16/h1-6,16H,7H2,(H2,14,15). The quantitative estimate of drug-likeness (QED) is 0.392. The summed E-state index contributed by atoms with van der Waals surface area (Å²) in [6.45, 7) is 0.450. The van der Waals surface area contributed by atoms with Crippen LogP contribution in [0.25, 0.3) is 0 Å². The maximum atomic E-state index is 8.70. The van der Waals surface area contributed by atoms with Crippen LogP contribution in [0.15, 0.2) is 45.3 Å². The van der Waals surface area contributed by atoms with Crippen LogP contribution in [0.4, 0.5) is 0 Å². The molecule has 0 fully saturated rings. The Labute approximate surface area is 117 Å². The van der Waals surface area contributed by atoms with E-state index >= 15 is 0 Å². The first-order valence-electron chi connectivity index (χ1n) is 5.14. The largest absolute Gasteiger partial charge is 0.487 e. The van der Waals surface area contributed by atoms with Crippen LogP contribution in [0.1, 0.15) is 10.4 Å². The second-order valence-corrected chi connectivity index (χ2v) is 6.02. The van der Waals surface area contributed by atoms with E-state index in [9.17, 15) is 0 Å². The van der Waals surface area contributed by atoms with Crippen LogP contribution in [0, 0.1) is 0 Å². The van der Waals surface area contributed by atoms with Crippen LogP contribution < -0.4 is 10.5 Å². The Hall–Kier alpha value is -1.53. The highest BCUT2D eigenvalue weighted by atomic mass is 79.9. The molecule has 94 valence electrons. The Bertz CT molecular complexity index is 569. The number of hydrogen-bond acceptors (Lipinski definition) is 4. The van der Waals surface area contributed by atoms with Gasteiger partial charge in [0.15, 0.2) is 5.84 Å². The van der Waals surface area contributed by atoms with Crippen molar-refractivity contribution in [3.8, 4) is 5.75 Å². The first kappa shape index (κ1) is 12.9. The van der Waals surface area contributed by atoms with Gasteiger partial charge in [0.05, 0.1) is 9.35 Å². The van der Waals surface area contributed by atoms with Crippen LogP contribution in [0.5, 0.6) is 5.75 Å². The Balaban J connectivity index is 2.14. The molecule has 0 amide bonds. The molecule has 0 spiro atoms. The maximum absolute atomic E-state index is 8.70. The molecule has 0 aliphatic rings. The minimum atomic E-state index is 0.0398. The van der Waals surface area contributed by atoms with Crippen molar-refractivity contribution in [3.05, 3.63) is 50.6 Å². The second kappa shape index (κ2) is 5.88. The summed E-state index contributed by atoms with van der Waals surface area (Å²) < 4.78 is 6.74. The van der Waals surface area contributed by atoms with Crippen LogP contribution in [0.3, 0.4) is 0 Å². The van der Waals surface area contributed by atoms with Crippen molar-refractivity contribution in [2.24, 2.45) is 10.9 Å². The van der Waals surface area contributed by atoms with Gasteiger partial charge in [0.2, 0.25) is 0 Å². The molecule has 0 radical (unpaired) electrons. The van der Waals surface area contributed by atoms with Gasteiger partial charge in [-0.25, -0.2) is 0 Å². The molecule has 0 aliphatic heterocycles. The van der Waals surface area contributed by atoms with E-state index in [1.165, 1.54) is 0 Å². The van der Waals surface area contributed by atoms with Gasteiger partial charge in [0.1, 0.15) is 12.4 Å². The highest BCUT2D eigenvalue weighted by Crippen LogP contribution is 2.24. The van der Waals surface area contributed by atoms with Crippen molar-refractivity contribution in [2.75, 3.05) is 0 Å². The van der Waals surface area contributed by atoms with E-state index in [4.69, 9.17) is 15.7 Å². The number of oxime groups is 1. The van der Waals surface area contributed by atoms with E-state index in [0.29, 0.717) is 17.9 Å². The van der Waals surface area contributed by atoms with Gasteiger partial charge in [-0.1, -0.05) is 17.3 Å². The van der Waals surface area contributed by atoms with E-state index < -0.39 is 0 Å². The zero-order valence-electron chi connectivity index (χ0n) is 9.34.